The number of nitrogens with zero attached hydrogens (tertiary/aromatic N) is 2. The van der Waals surface area contributed by atoms with E-state index in [-0.39, 0.29) is 0 Å². The monoisotopic (exact) mass is 194 g/mol. The first kappa shape index (κ1) is 8.57. The van der Waals surface area contributed by atoms with Crippen molar-refractivity contribution in [3.63, 3.8) is 0 Å². The molecule has 0 atom stereocenters. The van der Waals surface area contributed by atoms with Crippen molar-refractivity contribution in [1.82, 2.24) is 4.98 Å². The summed E-state index contributed by atoms with van der Waals surface area (Å²) in [6, 6.07) is 1.92. The van der Waals surface area contributed by atoms with Crippen LogP contribution < -0.4 is 4.90 Å². The Bertz CT molecular complexity index is 347. The van der Waals surface area contributed by atoms with Crippen molar-refractivity contribution in [3.05, 3.63) is 29.1 Å². The van der Waals surface area contributed by atoms with Crippen LogP contribution in [0.5, 0.6) is 0 Å². The average molecular weight is 195 g/mol. The van der Waals surface area contributed by atoms with Crippen LogP contribution in [0.25, 0.3) is 6.08 Å². The normalized spacial score (nSPS) is 14.5. The Morgan fingerprint density at radius 3 is 3.23 bits per heavy atom. The van der Waals surface area contributed by atoms with Gasteiger partial charge in [-0.3, -0.25) is 0 Å². The van der Waals surface area contributed by atoms with Crippen molar-refractivity contribution >= 4 is 23.4 Å². The van der Waals surface area contributed by atoms with Gasteiger partial charge < -0.3 is 4.90 Å². The Labute approximate surface area is 82.8 Å². The fraction of sp³-hybridized carbons (Fsp3) is 0.300. The largest absolute Gasteiger partial charge is 0.367 e. The second-order valence-electron chi connectivity index (χ2n) is 3.01. The lowest BCUT2D eigenvalue weighted by Crippen LogP contribution is -2.25. The summed E-state index contributed by atoms with van der Waals surface area (Å²) in [7, 11) is 0. The number of halogens is 1. The number of likely N-dealkylation sites (N-methyl/N-ethyl adjacent to an activating group) is 1. The summed E-state index contributed by atoms with van der Waals surface area (Å²) in [6.07, 6.45) is 6.04. The molecule has 0 aliphatic carbocycles. The second-order valence-corrected chi connectivity index (χ2v) is 3.39. The molecule has 0 saturated carbocycles. The molecule has 68 valence electrons. The van der Waals surface area contributed by atoms with Gasteiger partial charge in [-0.2, -0.15) is 0 Å². The molecule has 0 aromatic carbocycles. The van der Waals surface area contributed by atoms with E-state index in [1.165, 1.54) is 5.69 Å². The lowest BCUT2D eigenvalue weighted by atomic mass is 10.1. The third-order valence-electron chi connectivity index (χ3n) is 2.22. The number of anilines is 1. The topological polar surface area (TPSA) is 16.1 Å². The molecular weight excluding hydrogens is 184 g/mol. The molecule has 2 rings (SSSR count). The number of aromatic nitrogens is 1. The average Bonchev–Trinajstić information content (AvgIpc) is 2.17. The number of hydrogen-bond donors (Lipinski definition) is 0. The van der Waals surface area contributed by atoms with E-state index >= 15 is 0 Å². The lowest BCUT2D eigenvalue weighted by molar-refractivity contribution is 0.896. The van der Waals surface area contributed by atoms with Crippen LogP contribution in [0.15, 0.2) is 18.3 Å². The maximum absolute atomic E-state index is 5.84. The van der Waals surface area contributed by atoms with Gasteiger partial charge in [0.2, 0.25) is 0 Å². The first-order valence-corrected chi connectivity index (χ1v) is 4.76. The van der Waals surface area contributed by atoms with Crippen molar-refractivity contribution in [2.75, 3.05) is 18.0 Å². The molecule has 0 spiro atoms. The number of pyridine rings is 1. The molecule has 0 N–H and O–H groups in total. The molecule has 0 saturated heterocycles. The minimum atomic E-state index is 0.563. The molecule has 1 aromatic rings. The fourth-order valence-electron chi connectivity index (χ4n) is 1.54. The first-order chi connectivity index (χ1) is 6.31. The van der Waals surface area contributed by atoms with Gasteiger partial charge in [0.1, 0.15) is 5.15 Å². The van der Waals surface area contributed by atoms with Crippen LogP contribution in [0.1, 0.15) is 12.5 Å². The van der Waals surface area contributed by atoms with Crippen molar-refractivity contribution < 1.29 is 0 Å². The van der Waals surface area contributed by atoms with Gasteiger partial charge in [0.25, 0.3) is 0 Å². The minimum Gasteiger partial charge on any atom is -0.367 e. The molecular formula is C10H11ClN2. The van der Waals surface area contributed by atoms with Crippen molar-refractivity contribution in [2.45, 2.75) is 6.92 Å². The van der Waals surface area contributed by atoms with E-state index in [2.05, 4.69) is 29.0 Å². The second kappa shape index (κ2) is 3.38. The summed E-state index contributed by atoms with van der Waals surface area (Å²) in [4.78, 5) is 6.32. The molecule has 1 aromatic heterocycles. The molecule has 1 aliphatic rings. The van der Waals surface area contributed by atoms with Crippen LogP contribution in [0.4, 0.5) is 5.69 Å². The predicted molar refractivity (Wildman–Crippen MR) is 56.2 cm³/mol. The zero-order valence-corrected chi connectivity index (χ0v) is 8.25. The van der Waals surface area contributed by atoms with Crippen molar-refractivity contribution in [1.29, 1.82) is 0 Å². The van der Waals surface area contributed by atoms with E-state index in [9.17, 15) is 0 Å². The fourth-order valence-corrected chi connectivity index (χ4v) is 1.69. The summed E-state index contributed by atoms with van der Waals surface area (Å²) in [5, 5.41) is 0.563. The maximum atomic E-state index is 5.84. The standard InChI is InChI=1S/C10H11ClN2/c1-2-13-5-3-4-8-7-12-10(11)6-9(8)13/h3-4,6-7H,2,5H2,1H3. The van der Waals surface area contributed by atoms with Crippen molar-refractivity contribution in [3.8, 4) is 0 Å². The van der Waals surface area contributed by atoms with Crippen molar-refractivity contribution in [2.24, 2.45) is 0 Å². The smallest absolute Gasteiger partial charge is 0.131 e. The van der Waals surface area contributed by atoms with Gasteiger partial charge in [0.15, 0.2) is 0 Å². The summed E-state index contributed by atoms with van der Waals surface area (Å²) >= 11 is 5.84. The summed E-state index contributed by atoms with van der Waals surface area (Å²) in [6.45, 7) is 4.10. The Hall–Kier alpha value is -1.02. The first-order valence-electron chi connectivity index (χ1n) is 4.38. The highest BCUT2D eigenvalue weighted by molar-refractivity contribution is 6.29. The minimum absolute atomic E-state index is 0.563. The van der Waals surface area contributed by atoms with E-state index in [1.807, 2.05) is 12.3 Å². The Balaban J connectivity index is 2.48. The molecule has 13 heavy (non-hydrogen) atoms. The van der Waals surface area contributed by atoms with Gasteiger partial charge >= 0.3 is 0 Å². The molecule has 0 fully saturated rings. The molecule has 1 aliphatic heterocycles. The summed E-state index contributed by atoms with van der Waals surface area (Å²) in [5.74, 6) is 0. The quantitative estimate of drug-likeness (QED) is 0.639. The van der Waals surface area contributed by atoms with E-state index in [0.717, 1.165) is 18.7 Å². The van der Waals surface area contributed by atoms with Crippen LogP contribution in [0.3, 0.4) is 0 Å². The molecule has 0 radical (unpaired) electrons. The van der Waals surface area contributed by atoms with Crippen LogP contribution in [-0.2, 0) is 0 Å². The Kier molecular flexibility index (Phi) is 2.23. The van der Waals surface area contributed by atoms with E-state index in [4.69, 9.17) is 11.6 Å². The zero-order chi connectivity index (χ0) is 9.26. The molecule has 2 nitrogen and oxygen atoms in total. The zero-order valence-electron chi connectivity index (χ0n) is 7.50. The number of hydrogen-bond acceptors (Lipinski definition) is 2. The molecule has 0 bridgehead atoms. The van der Waals surface area contributed by atoms with E-state index in [0.29, 0.717) is 5.15 Å². The highest BCUT2D eigenvalue weighted by Gasteiger charge is 2.11. The van der Waals surface area contributed by atoms with Crippen LogP contribution in [-0.4, -0.2) is 18.1 Å². The lowest BCUT2D eigenvalue weighted by Gasteiger charge is -2.26. The number of rotatable bonds is 1. The van der Waals surface area contributed by atoms with Crippen LogP contribution >= 0.6 is 11.6 Å². The molecule has 0 unspecified atom stereocenters. The highest BCUT2D eigenvalue weighted by atomic mass is 35.5. The third-order valence-corrected chi connectivity index (χ3v) is 2.43. The van der Waals surface area contributed by atoms with E-state index < -0.39 is 0 Å². The van der Waals surface area contributed by atoms with Gasteiger partial charge in [-0.25, -0.2) is 4.98 Å². The SMILES string of the molecule is CCN1CC=Cc2cnc(Cl)cc21. The summed E-state index contributed by atoms with van der Waals surface area (Å²) in [5.41, 5.74) is 2.34. The maximum Gasteiger partial charge on any atom is 0.131 e. The van der Waals surface area contributed by atoms with Gasteiger partial charge in [-0.1, -0.05) is 23.8 Å². The van der Waals surface area contributed by atoms with E-state index in [1.54, 1.807) is 0 Å². The van der Waals surface area contributed by atoms with Gasteiger partial charge in [0, 0.05) is 30.5 Å². The predicted octanol–water partition coefficient (Wildman–Crippen LogP) is 2.59. The third kappa shape index (κ3) is 1.54. The summed E-state index contributed by atoms with van der Waals surface area (Å²) < 4.78 is 0. The van der Waals surface area contributed by atoms with Gasteiger partial charge in [-0.15, -0.1) is 0 Å². The Morgan fingerprint density at radius 1 is 1.62 bits per heavy atom. The molecule has 3 heteroatoms. The number of fused-ring (bicyclic) bond motifs is 1. The van der Waals surface area contributed by atoms with Crippen LogP contribution in [0, 0.1) is 0 Å². The molecule has 0 amide bonds. The van der Waals surface area contributed by atoms with Crippen LogP contribution in [0.2, 0.25) is 5.15 Å². The Morgan fingerprint density at radius 2 is 2.46 bits per heavy atom. The highest BCUT2D eigenvalue weighted by Crippen LogP contribution is 2.26. The molecule has 2 heterocycles. The van der Waals surface area contributed by atoms with Gasteiger partial charge in [0.05, 0.1) is 0 Å². The van der Waals surface area contributed by atoms with Gasteiger partial charge in [-0.05, 0) is 13.0 Å².